The van der Waals surface area contributed by atoms with Crippen molar-refractivity contribution in [3.05, 3.63) is 54.6 Å². The van der Waals surface area contributed by atoms with E-state index in [4.69, 9.17) is 9.15 Å². The minimum Gasteiger partial charge on any atom is -0.497 e. The quantitative estimate of drug-likeness (QED) is 0.700. The number of pyridine rings is 1. The molecular weight excluding hydrogens is 346 g/mol. The third kappa shape index (κ3) is 3.59. The summed E-state index contributed by atoms with van der Waals surface area (Å²) < 4.78 is 10.8. The van der Waals surface area contributed by atoms with Gasteiger partial charge in [0.15, 0.2) is 0 Å². The number of anilines is 1. The average Bonchev–Trinajstić information content (AvgIpc) is 3.24. The van der Waals surface area contributed by atoms with Crippen molar-refractivity contribution in [3.8, 4) is 17.2 Å². The van der Waals surface area contributed by atoms with Crippen LogP contribution in [0.1, 0.15) is 10.7 Å². The Kier molecular flexibility index (Phi) is 4.69. The first kappa shape index (κ1) is 17.0. The van der Waals surface area contributed by atoms with Crippen molar-refractivity contribution in [2.75, 3.05) is 38.2 Å². The maximum atomic E-state index is 12.7. The van der Waals surface area contributed by atoms with Crippen molar-refractivity contribution >= 4 is 11.7 Å². The summed E-state index contributed by atoms with van der Waals surface area (Å²) in [4.78, 5) is 20.9. The highest BCUT2D eigenvalue weighted by Crippen LogP contribution is 2.23. The van der Waals surface area contributed by atoms with Gasteiger partial charge in [-0.1, -0.05) is 12.1 Å². The zero-order valence-corrected chi connectivity index (χ0v) is 14.9. The molecule has 8 nitrogen and oxygen atoms in total. The molecule has 1 amide bonds. The number of hydrogen-bond acceptors (Lipinski definition) is 7. The van der Waals surface area contributed by atoms with E-state index in [1.807, 2.05) is 36.4 Å². The fourth-order valence-electron chi connectivity index (χ4n) is 3.00. The van der Waals surface area contributed by atoms with E-state index in [1.54, 1.807) is 24.3 Å². The molecule has 0 unspecified atom stereocenters. The van der Waals surface area contributed by atoms with Crippen LogP contribution in [0.5, 0.6) is 5.75 Å². The minimum absolute atomic E-state index is 0.000828. The number of piperazine rings is 1. The second-order valence-corrected chi connectivity index (χ2v) is 6.11. The summed E-state index contributed by atoms with van der Waals surface area (Å²) >= 11 is 0. The zero-order valence-electron chi connectivity index (χ0n) is 14.9. The number of benzene rings is 1. The normalized spacial score (nSPS) is 14.3. The monoisotopic (exact) mass is 365 g/mol. The van der Waals surface area contributed by atoms with Crippen LogP contribution in [0.2, 0.25) is 0 Å². The molecule has 0 aliphatic carbocycles. The van der Waals surface area contributed by atoms with Crippen molar-refractivity contribution in [2.24, 2.45) is 0 Å². The number of carbonyl (C=O) groups excluding carboxylic acids is 1. The van der Waals surface area contributed by atoms with E-state index in [2.05, 4.69) is 20.1 Å². The molecular formula is C19H19N5O3. The van der Waals surface area contributed by atoms with Crippen LogP contribution in [0.15, 0.2) is 53.1 Å². The van der Waals surface area contributed by atoms with Crippen LogP contribution in [0.3, 0.4) is 0 Å². The molecule has 27 heavy (non-hydrogen) atoms. The van der Waals surface area contributed by atoms with E-state index < -0.39 is 0 Å². The molecule has 1 aliphatic heterocycles. The van der Waals surface area contributed by atoms with Gasteiger partial charge >= 0.3 is 11.8 Å². The molecule has 2 aromatic heterocycles. The van der Waals surface area contributed by atoms with Crippen LogP contribution in [0, 0.1) is 0 Å². The summed E-state index contributed by atoms with van der Waals surface area (Å²) in [5.41, 5.74) is 0.709. The smallest absolute Gasteiger partial charge is 0.311 e. The summed E-state index contributed by atoms with van der Waals surface area (Å²) in [6.07, 6.45) is 1.77. The lowest BCUT2D eigenvalue weighted by molar-refractivity contribution is 0.0707. The summed E-state index contributed by atoms with van der Waals surface area (Å²) in [5.74, 6) is 1.65. The Morgan fingerprint density at radius 2 is 1.93 bits per heavy atom. The van der Waals surface area contributed by atoms with Crippen LogP contribution in [0.4, 0.5) is 5.82 Å². The Morgan fingerprint density at radius 1 is 1.07 bits per heavy atom. The third-order valence-corrected chi connectivity index (χ3v) is 4.46. The summed E-state index contributed by atoms with van der Waals surface area (Å²) in [6.45, 7) is 2.57. The maximum Gasteiger partial charge on any atom is 0.311 e. The molecule has 4 rings (SSSR count). The predicted octanol–water partition coefficient (Wildman–Crippen LogP) is 2.10. The highest BCUT2D eigenvalue weighted by molar-refractivity contribution is 5.90. The Labute approximate surface area is 156 Å². The second-order valence-electron chi connectivity index (χ2n) is 6.11. The third-order valence-electron chi connectivity index (χ3n) is 4.46. The molecule has 3 heterocycles. The van der Waals surface area contributed by atoms with Gasteiger partial charge in [-0.2, -0.15) is 0 Å². The number of ether oxygens (including phenoxy) is 1. The van der Waals surface area contributed by atoms with Crippen LogP contribution in [0.25, 0.3) is 11.5 Å². The number of nitrogens with zero attached hydrogens (tertiary/aromatic N) is 5. The molecule has 1 aliphatic rings. The highest BCUT2D eigenvalue weighted by Gasteiger charge is 2.26. The van der Waals surface area contributed by atoms with Crippen LogP contribution >= 0.6 is 0 Å². The van der Waals surface area contributed by atoms with Crippen molar-refractivity contribution in [2.45, 2.75) is 0 Å². The number of aromatic nitrogens is 3. The molecule has 0 spiro atoms. The Hall–Kier alpha value is -3.42. The molecule has 0 bridgehead atoms. The van der Waals surface area contributed by atoms with Gasteiger partial charge in [-0.05, 0) is 30.3 Å². The lowest BCUT2D eigenvalue weighted by Crippen LogP contribution is -2.49. The van der Waals surface area contributed by atoms with E-state index in [-0.39, 0.29) is 11.8 Å². The lowest BCUT2D eigenvalue weighted by atomic mass is 10.2. The number of amides is 1. The fraction of sp³-hybridized carbons (Fsp3) is 0.263. The van der Waals surface area contributed by atoms with Gasteiger partial charge in [-0.25, -0.2) is 4.98 Å². The molecule has 0 radical (unpaired) electrons. The Morgan fingerprint density at radius 3 is 2.67 bits per heavy atom. The van der Waals surface area contributed by atoms with Gasteiger partial charge in [0.25, 0.3) is 0 Å². The van der Waals surface area contributed by atoms with Crippen molar-refractivity contribution < 1.29 is 13.9 Å². The highest BCUT2D eigenvalue weighted by atomic mass is 16.5. The average molecular weight is 365 g/mol. The van der Waals surface area contributed by atoms with Gasteiger partial charge in [0.1, 0.15) is 11.6 Å². The molecule has 0 N–H and O–H groups in total. The molecule has 0 atom stereocenters. The molecule has 1 aromatic carbocycles. The van der Waals surface area contributed by atoms with Crippen LogP contribution in [-0.4, -0.2) is 59.3 Å². The van der Waals surface area contributed by atoms with Gasteiger partial charge in [0.2, 0.25) is 5.89 Å². The van der Waals surface area contributed by atoms with Crippen LogP contribution in [-0.2, 0) is 0 Å². The van der Waals surface area contributed by atoms with Crippen molar-refractivity contribution in [1.82, 2.24) is 20.1 Å². The Balaban J connectivity index is 1.43. The van der Waals surface area contributed by atoms with Crippen molar-refractivity contribution in [1.29, 1.82) is 0 Å². The van der Waals surface area contributed by atoms with Gasteiger partial charge in [-0.3, -0.25) is 4.79 Å². The first-order valence-corrected chi connectivity index (χ1v) is 8.68. The van der Waals surface area contributed by atoms with Gasteiger partial charge < -0.3 is 19.0 Å². The molecule has 8 heteroatoms. The number of carbonyl (C=O) groups is 1. The Bertz CT molecular complexity index is 920. The van der Waals surface area contributed by atoms with E-state index >= 15 is 0 Å². The summed E-state index contributed by atoms with van der Waals surface area (Å²) in [6, 6.07) is 13.1. The first-order chi connectivity index (χ1) is 13.2. The predicted molar refractivity (Wildman–Crippen MR) is 98.6 cm³/mol. The molecule has 1 fully saturated rings. The van der Waals surface area contributed by atoms with E-state index in [1.165, 1.54) is 0 Å². The number of hydrogen-bond donors (Lipinski definition) is 0. The van der Waals surface area contributed by atoms with E-state index in [0.717, 1.165) is 5.82 Å². The van der Waals surface area contributed by atoms with E-state index in [0.29, 0.717) is 43.4 Å². The lowest BCUT2D eigenvalue weighted by Gasteiger charge is -2.34. The van der Waals surface area contributed by atoms with Gasteiger partial charge in [-0.15, -0.1) is 10.2 Å². The largest absolute Gasteiger partial charge is 0.497 e. The summed E-state index contributed by atoms with van der Waals surface area (Å²) in [7, 11) is 1.59. The van der Waals surface area contributed by atoms with Gasteiger partial charge in [0, 0.05) is 37.9 Å². The first-order valence-electron chi connectivity index (χ1n) is 8.68. The summed E-state index contributed by atoms with van der Waals surface area (Å²) in [5, 5.41) is 7.93. The topological polar surface area (TPSA) is 84.6 Å². The molecule has 3 aromatic rings. The van der Waals surface area contributed by atoms with Crippen LogP contribution < -0.4 is 9.64 Å². The van der Waals surface area contributed by atoms with E-state index in [9.17, 15) is 4.79 Å². The zero-order chi connectivity index (χ0) is 18.6. The minimum atomic E-state index is -0.252. The number of methoxy groups -OCH3 is 1. The number of rotatable bonds is 4. The van der Waals surface area contributed by atoms with Crippen molar-refractivity contribution in [3.63, 3.8) is 0 Å². The SMILES string of the molecule is COc1cccc(-c2nnc(C(=O)N3CCN(c4ccccn4)CC3)o2)c1. The molecule has 1 saturated heterocycles. The molecule has 0 saturated carbocycles. The van der Waals surface area contributed by atoms with Gasteiger partial charge in [0.05, 0.1) is 7.11 Å². The standard InChI is InChI=1S/C19H19N5O3/c1-26-15-6-4-5-14(13-15)17-21-22-18(27-17)19(25)24-11-9-23(10-12-24)16-7-2-3-8-20-16/h2-8,13H,9-12H2,1H3. The second kappa shape index (κ2) is 7.45. The molecule has 138 valence electrons. The maximum absolute atomic E-state index is 12.7. The fourth-order valence-corrected chi connectivity index (χ4v) is 3.00.